The molecule has 0 amide bonds. The van der Waals surface area contributed by atoms with Crippen LogP contribution in [-0.4, -0.2) is 11.3 Å². The molecule has 29 heavy (non-hydrogen) atoms. The van der Waals surface area contributed by atoms with Gasteiger partial charge in [0.1, 0.15) is 18.6 Å². The maximum absolute atomic E-state index is 11.1. The average Bonchev–Trinajstić information content (AvgIpc) is 3.41. The fourth-order valence-electron chi connectivity index (χ4n) is 5.55. The summed E-state index contributed by atoms with van der Waals surface area (Å²) in [6, 6.07) is 22.8. The van der Waals surface area contributed by atoms with Gasteiger partial charge in [-0.25, -0.2) is 0 Å². The summed E-state index contributed by atoms with van der Waals surface area (Å²) in [6.45, 7) is 0.475. The minimum atomic E-state index is 0.0594. The Balaban J connectivity index is 1.43. The first-order valence-electron chi connectivity index (χ1n) is 10.5. The summed E-state index contributed by atoms with van der Waals surface area (Å²) in [5.74, 6) is 2.36. The van der Waals surface area contributed by atoms with Crippen LogP contribution < -0.4 is 4.74 Å². The highest BCUT2D eigenvalue weighted by Crippen LogP contribution is 2.60. The van der Waals surface area contributed by atoms with Crippen LogP contribution in [0.3, 0.4) is 0 Å². The maximum atomic E-state index is 11.1. The predicted molar refractivity (Wildman–Crippen MR) is 113 cm³/mol. The van der Waals surface area contributed by atoms with Crippen LogP contribution >= 0.6 is 0 Å². The highest BCUT2D eigenvalue weighted by atomic mass is 16.5. The van der Waals surface area contributed by atoms with E-state index in [1.54, 1.807) is 6.20 Å². The zero-order valence-corrected chi connectivity index (χ0v) is 16.5. The van der Waals surface area contributed by atoms with Crippen molar-refractivity contribution in [3.8, 4) is 5.75 Å². The van der Waals surface area contributed by atoms with E-state index < -0.39 is 0 Å². The van der Waals surface area contributed by atoms with E-state index in [-0.39, 0.29) is 5.41 Å². The number of rotatable bonds is 6. The number of hydrogen-bond donors (Lipinski definition) is 0. The van der Waals surface area contributed by atoms with E-state index in [1.807, 2.05) is 30.3 Å². The Kier molecular flexibility index (Phi) is 4.67. The monoisotopic (exact) mass is 383 g/mol. The molecule has 0 N–H and O–H groups in total. The third kappa shape index (κ3) is 3.25. The Morgan fingerprint density at radius 3 is 2.31 bits per heavy atom. The van der Waals surface area contributed by atoms with Gasteiger partial charge in [0.25, 0.3) is 0 Å². The molecular weight excluding hydrogens is 358 g/mol. The predicted octanol–water partition coefficient (Wildman–Crippen LogP) is 5.58. The molecule has 3 aromatic rings. The molecule has 146 valence electrons. The number of carbonyl (C=O) groups is 1. The lowest BCUT2D eigenvalue weighted by Crippen LogP contribution is -2.34. The SMILES string of the molecule is O=Cc1ccc([C@]2(c3ccc(OCc4ccccn4)cc3)CC3CC[C@@H]2C3)cc1. The largest absolute Gasteiger partial charge is 0.487 e. The Morgan fingerprint density at radius 2 is 1.72 bits per heavy atom. The molecule has 1 unspecified atom stereocenters. The van der Waals surface area contributed by atoms with Gasteiger partial charge in [-0.1, -0.05) is 48.9 Å². The van der Waals surface area contributed by atoms with Gasteiger partial charge in [-0.3, -0.25) is 9.78 Å². The van der Waals surface area contributed by atoms with Gasteiger partial charge in [0.15, 0.2) is 0 Å². The van der Waals surface area contributed by atoms with Gasteiger partial charge in [0.2, 0.25) is 0 Å². The van der Waals surface area contributed by atoms with Crippen molar-refractivity contribution in [1.29, 1.82) is 0 Å². The molecule has 2 aromatic carbocycles. The fourth-order valence-corrected chi connectivity index (χ4v) is 5.55. The number of pyridine rings is 1. The molecule has 5 rings (SSSR count). The van der Waals surface area contributed by atoms with Crippen molar-refractivity contribution in [2.45, 2.75) is 37.7 Å². The Bertz CT molecular complexity index is 981. The number of aromatic nitrogens is 1. The van der Waals surface area contributed by atoms with Gasteiger partial charge in [-0.15, -0.1) is 0 Å². The molecule has 0 radical (unpaired) electrons. The zero-order valence-electron chi connectivity index (χ0n) is 16.5. The molecule has 1 heterocycles. The molecule has 2 saturated carbocycles. The molecular formula is C26H25NO2. The van der Waals surface area contributed by atoms with Crippen LogP contribution in [0.2, 0.25) is 0 Å². The van der Waals surface area contributed by atoms with Crippen molar-refractivity contribution < 1.29 is 9.53 Å². The van der Waals surface area contributed by atoms with Crippen molar-refractivity contribution >= 4 is 6.29 Å². The summed E-state index contributed by atoms with van der Waals surface area (Å²) in [5.41, 5.74) is 4.44. The van der Waals surface area contributed by atoms with E-state index >= 15 is 0 Å². The van der Waals surface area contributed by atoms with Crippen molar-refractivity contribution in [3.05, 3.63) is 95.3 Å². The highest BCUT2D eigenvalue weighted by Gasteiger charge is 2.52. The fraction of sp³-hybridized carbons (Fsp3) is 0.308. The third-order valence-corrected chi connectivity index (χ3v) is 6.89. The number of benzene rings is 2. The molecule has 1 aromatic heterocycles. The number of carbonyl (C=O) groups excluding carboxylic acids is 1. The Labute approximate surface area is 171 Å². The van der Waals surface area contributed by atoms with E-state index in [2.05, 4.69) is 41.4 Å². The van der Waals surface area contributed by atoms with Crippen LogP contribution in [-0.2, 0) is 12.0 Å². The van der Waals surface area contributed by atoms with Gasteiger partial charge < -0.3 is 4.74 Å². The Hall–Kier alpha value is -2.94. The lowest BCUT2D eigenvalue weighted by Gasteiger charge is -2.39. The quantitative estimate of drug-likeness (QED) is 0.522. The first-order chi connectivity index (χ1) is 14.3. The molecule has 0 aliphatic heterocycles. The first kappa shape index (κ1) is 18.1. The van der Waals surface area contributed by atoms with Crippen LogP contribution in [0.25, 0.3) is 0 Å². The van der Waals surface area contributed by atoms with Gasteiger partial charge in [0.05, 0.1) is 5.69 Å². The minimum Gasteiger partial charge on any atom is -0.487 e. The van der Waals surface area contributed by atoms with Crippen LogP contribution in [0.4, 0.5) is 0 Å². The lowest BCUT2D eigenvalue weighted by molar-refractivity contribution is 0.112. The van der Waals surface area contributed by atoms with E-state index in [1.165, 1.54) is 36.8 Å². The second kappa shape index (κ2) is 7.47. The summed E-state index contributed by atoms with van der Waals surface area (Å²) in [5, 5.41) is 0. The van der Waals surface area contributed by atoms with Crippen molar-refractivity contribution in [1.82, 2.24) is 4.98 Å². The molecule has 0 spiro atoms. The maximum Gasteiger partial charge on any atom is 0.150 e. The third-order valence-electron chi connectivity index (χ3n) is 6.89. The molecule has 3 nitrogen and oxygen atoms in total. The average molecular weight is 383 g/mol. The Morgan fingerprint density at radius 1 is 0.966 bits per heavy atom. The van der Waals surface area contributed by atoms with Crippen LogP contribution in [0, 0.1) is 11.8 Å². The van der Waals surface area contributed by atoms with Crippen LogP contribution in [0.1, 0.15) is 52.9 Å². The summed E-state index contributed by atoms with van der Waals surface area (Å²) in [4.78, 5) is 15.4. The second-order valence-electron chi connectivity index (χ2n) is 8.43. The molecule has 2 aliphatic rings. The van der Waals surface area contributed by atoms with Crippen molar-refractivity contribution in [2.24, 2.45) is 11.8 Å². The molecule has 3 heteroatoms. The van der Waals surface area contributed by atoms with Crippen LogP contribution in [0.5, 0.6) is 5.75 Å². The zero-order chi connectivity index (χ0) is 19.7. The molecule has 2 fully saturated rings. The summed E-state index contributed by atoms with van der Waals surface area (Å²) >= 11 is 0. The van der Waals surface area contributed by atoms with Gasteiger partial charge in [-0.05, 0) is 66.5 Å². The van der Waals surface area contributed by atoms with E-state index in [9.17, 15) is 4.79 Å². The summed E-state index contributed by atoms with van der Waals surface area (Å²) < 4.78 is 5.94. The summed E-state index contributed by atoms with van der Waals surface area (Å²) in [7, 11) is 0. The van der Waals surface area contributed by atoms with Gasteiger partial charge in [-0.2, -0.15) is 0 Å². The van der Waals surface area contributed by atoms with Gasteiger partial charge in [0, 0.05) is 17.2 Å². The minimum absolute atomic E-state index is 0.0594. The number of hydrogen-bond acceptors (Lipinski definition) is 3. The standard InChI is InChI=1S/C26H25NO2/c28-17-19-4-7-21(8-5-19)26(16-20-6-9-23(26)15-20)22-10-12-25(13-11-22)29-18-24-3-1-2-14-27-24/h1-5,7-8,10-14,17,20,23H,6,9,15-16,18H2/t20?,23-,26+/m1/s1. The van der Waals surface area contributed by atoms with E-state index in [0.29, 0.717) is 12.5 Å². The van der Waals surface area contributed by atoms with E-state index in [0.717, 1.165) is 29.2 Å². The van der Waals surface area contributed by atoms with Crippen molar-refractivity contribution in [3.63, 3.8) is 0 Å². The number of fused-ring (bicyclic) bond motifs is 2. The molecule has 2 bridgehead atoms. The van der Waals surface area contributed by atoms with Gasteiger partial charge >= 0.3 is 0 Å². The molecule has 2 aliphatic carbocycles. The first-order valence-corrected chi connectivity index (χ1v) is 10.5. The second-order valence-corrected chi connectivity index (χ2v) is 8.43. The molecule has 0 saturated heterocycles. The number of nitrogens with zero attached hydrogens (tertiary/aromatic N) is 1. The summed E-state index contributed by atoms with van der Waals surface area (Å²) in [6.07, 6.45) is 7.86. The highest BCUT2D eigenvalue weighted by molar-refractivity contribution is 5.74. The van der Waals surface area contributed by atoms with E-state index in [4.69, 9.17) is 4.74 Å². The normalized spacial score (nSPS) is 25.1. The smallest absolute Gasteiger partial charge is 0.150 e. The lowest BCUT2D eigenvalue weighted by atomic mass is 9.64. The number of ether oxygens (including phenoxy) is 1. The van der Waals surface area contributed by atoms with Crippen LogP contribution in [0.15, 0.2) is 72.9 Å². The topological polar surface area (TPSA) is 39.2 Å². The van der Waals surface area contributed by atoms with Crippen molar-refractivity contribution in [2.75, 3.05) is 0 Å². The number of aldehydes is 1. The molecule has 3 atom stereocenters.